The van der Waals surface area contributed by atoms with Crippen LogP contribution >= 0.6 is 0 Å². The predicted molar refractivity (Wildman–Crippen MR) is 119 cm³/mol. The van der Waals surface area contributed by atoms with Crippen LogP contribution < -0.4 is 10.5 Å². The second-order valence-corrected chi connectivity index (χ2v) is 8.10. The molecule has 8 heteroatoms. The number of aromatic nitrogens is 1. The summed E-state index contributed by atoms with van der Waals surface area (Å²) in [7, 11) is 0. The van der Waals surface area contributed by atoms with Gasteiger partial charge in [-0.1, -0.05) is 24.6 Å². The molecule has 1 aliphatic carbocycles. The summed E-state index contributed by atoms with van der Waals surface area (Å²) in [4.78, 5) is 24.3. The van der Waals surface area contributed by atoms with Crippen molar-refractivity contribution in [2.45, 2.75) is 45.1 Å². The Labute approximate surface area is 190 Å². The number of esters is 1. The van der Waals surface area contributed by atoms with E-state index in [4.69, 9.17) is 15.2 Å². The molecule has 0 aliphatic heterocycles. The van der Waals surface area contributed by atoms with Crippen molar-refractivity contribution in [3.05, 3.63) is 64.9 Å². The van der Waals surface area contributed by atoms with Gasteiger partial charge in [-0.05, 0) is 49.9 Å². The van der Waals surface area contributed by atoms with Gasteiger partial charge in [-0.2, -0.15) is 0 Å². The molecule has 0 saturated heterocycles. The molecule has 1 heterocycles. The molecule has 0 spiro atoms. The van der Waals surface area contributed by atoms with Gasteiger partial charge in [-0.25, -0.2) is 13.6 Å². The maximum Gasteiger partial charge on any atom is 0.344 e. The van der Waals surface area contributed by atoms with E-state index < -0.39 is 29.4 Å². The van der Waals surface area contributed by atoms with Crippen molar-refractivity contribution in [2.24, 2.45) is 5.73 Å². The van der Waals surface area contributed by atoms with E-state index in [1.54, 1.807) is 25.1 Å². The normalized spacial score (nSPS) is 15.7. The monoisotopic (exact) mass is 456 g/mol. The van der Waals surface area contributed by atoms with Crippen LogP contribution in [0.25, 0.3) is 10.9 Å². The van der Waals surface area contributed by atoms with Gasteiger partial charge in [0.05, 0.1) is 24.6 Å². The number of carbonyl (C=O) groups is 2. The lowest BCUT2D eigenvalue weighted by atomic mass is 9.92. The van der Waals surface area contributed by atoms with Crippen LogP contribution in [0.15, 0.2) is 36.4 Å². The van der Waals surface area contributed by atoms with Crippen molar-refractivity contribution < 1.29 is 27.8 Å². The zero-order valence-electron chi connectivity index (χ0n) is 18.4. The molecule has 1 unspecified atom stereocenters. The van der Waals surface area contributed by atoms with Gasteiger partial charge in [-0.15, -0.1) is 0 Å². The number of ether oxygens (including phenoxy) is 2. The van der Waals surface area contributed by atoms with Gasteiger partial charge in [0.25, 0.3) is 0 Å². The van der Waals surface area contributed by atoms with Crippen LogP contribution in [0.1, 0.15) is 48.9 Å². The summed E-state index contributed by atoms with van der Waals surface area (Å²) >= 11 is 0. The van der Waals surface area contributed by atoms with Gasteiger partial charge < -0.3 is 19.8 Å². The number of carbonyl (C=O) groups excluding carboxylic acids is 2. The Morgan fingerprint density at radius 3 is 2.70 bits per heavy atom. The minimum Gasteiger partial charge on any atom is -0.481 e. The van der Waals surface area contributed by atoms with Crippen molar-refractivity contribution in [2.75, 3.05) is 13.2 Å². The number of amides is 1. The van der Waals surface area contributed by atoms with E-state index >= 15 is 0 Å². The molecule has 3 aromatic rings. The average Bonchev–Trinajstić information content (AvgIpc) is 2.94. The molecular formula is C25H26F2N2O4. The summed E-state index contributed by atoms with van der Waals surface area (Å²) in [5.74, 6) is -2.89. The van der Waals surface area contributed by atoms with E-state index in [2.05, 4.69) is 0 Å². The first kappa shape index (κ1) is 22.8. The number of primary amides is 1. The molecule has 174 valence electrons. The fraction of sp³-hybridized carbons (Fsp3) is 0.360. The van der Waals surface area contributed by atoms with Crippen molar-refractivity contribution in [3.8, 4) is 5.75 Å². The largest absolute Gasteiger partial charge is 0.481 e. The highest BCUT2D eigenvalue weighted by atomic mass is 19.2. The van der Waals surface area contributed by atoms with Crippen LogP contribution in [0.4, 0.5) is 8.78 Å². The SMILES string of the molecule is CCOC(=O)COc1cccc2c1c1c(n2Cc2cccc(F)c2F)CCCCC1C(N)=O. The first-order valence-corrected chi connectivity index (χ1v) is 11.1. The highest BCUT2D eigenvalue weighted by Gasteiger charge is 2.31. The fourth-order valence-electron chi connectivity index (χ4n) is 4.65. The third-order valence-electron chi connectivity index (χ3n) is 6.06. The van der Waals surface area contributed by atoms with E-state index in [1.807, 2.05) is 10.6 Å². The number of hydrogen-bond donors (Lipinski definition) is 1. The molecule has 1 amide bonds. The first-order chi connectivity index (χ1) is 15.9. The number of hydrogen-bond acceptors (Lipinski definition) is 4. The molecule has 0 bridgehead atoms. The van der Waals surface area contributed by atoms with Crippen molar-refractivity contribution in [3.63, 3.8) is 0 Å². The Morgan fingerprint density at radius 1 is 1.15 bits per heavy atom. The molecule has 1 atom stereocenters. The Hall–Kier alpha value is -3.42. The number of rotatable bonds is 7. The highest BCUT2D eigenvalue weighted by molar-refractivity contribution is 5.97. The number of nitrogens with zero attached hydrogens (tertiary/aromatic N) is 1. The number of nitrogens with two attached hydrogens (primary N) is 1. The van der Waals surface area contributed by atoms with Crippen LogP contribution in [0, 0.1) is 11.6 Å². The maximum atomic E-state index is 14.5. The summed E-state index contributed by atoms with van der Waals surface area (Å²) in [5.41, 5.74) is 8.29. The Bertz CT molecular complexity index is 1200. The molecule has 1 aliphatic rings. The van der Waals surface area contributed by atoms with Gasteiger partial charge in [0, 0.05) is 16.6 Å². The number of benzene rings is 2. The zero-order valence-corrected chi connectivity index (χ0v) is 18.4. The molecule has 33 heavy (non-hydrogen) atoms. The van der Waals surface area contributed by atoms with Gasteiger partial charge in [-0.3, -0.25) is 4.79 Å². The lowest BCUT2D eigenvalue weighted by Gasteiger charge is -2.14. The Balaban J connectivity index is 1.90. The minimum absolute atomic E-state index is 0.0856. The van der Waals surface area contributed by atoms with Crippen LogP contribution in [-0.2, 0) is 27.3 Å². The van der Waals surface area contributed by atoms with E-state index in [1.165, 1.54) is 6.07 Å². The number of fused-ring (bicyclic) bond motifs is 3. The molecule has 2 N–H and O–H groups in total. The fourth-order valence-corrected chi connectivity index (χ4v) is 4.65. The highest BCUT2D eigenvalue weighted by Crippen LogP contribution is 2.42. The molecular weight excluding hydrogens is 430 g/mol. The summed E-state index contributed by atoms with van der Waals surface area (Å²) in [6.07, 6.45) is 2.88. The third-order valence-corrected chi connectivity index (χ3v) is 6.06. The van der Waals surface area contributed by atoms with E-state index in [-0.39, 0.29) is 25.3 Å². The summed E-state index contributed by atoms with van der Waals surface area (Å²) in [6.45, 7) is 1.75. The summed E-state index contributed by atoms with van der Waals surface area (Å²) < 4.78 is 41.1. The topological polar surface area (TPSA) is 83.6 Å². The predicted octanol–water partition coefficient (Wildman–Crippen LogP) is 4.21. The van der Waals surface area contributed by atoms with E-state index in [0.29, 0.717) is 29.5 Å². The van der Waals surface area contributed by atoms with Crippen molar-refractivity contribution in [1.82, 2.24) is 4.57 Å². The van der Waals surface area contributed by atoms with Crippen LogP contribution in [0.3, 0.4) is 0 Å². The molecule has 1 aromatic heterocycles. The minimum atomic E-state index is -0.913. The van der Waals surface area contributed by atoms with Gasteiger partial charge in [0.15, 0.2) is 18.2 Å². The average molecular weight is 456 g/mol. The van der Waals surface area contributed by atoms with Gasteiger partial charge in [0.2, 0.25) is 5.91 Å². The standard InChI is InChI=1S/C25H26F2N2O4/c1-2-32-21(30)14-33-20-12-6-11-19-23(20)22-16(25(28)31)8-3-4-10-18(22)29(19)13-15-7-5-9-17(26)24(15)27/h5-7,9,11-12,16H,2-4,8,10,13-14H2,1H3,(H2,28,31). The lowest BCUT2D eigenvalue weighted by molar-refractivity contribution is -0.145. The van der Waals surface area contributed by atoms with Gasteiger partial charge in [0.1, 0.15) is 5.75 Å². The lowest BCUT2D eigenvalue weighted by Crippen LogP contribution is -2.22. The molecule has 6 nitrogen and oxygen atoms in total. The summed E-state index contributed by atoms with van der Waals surface area (Å²) in [5, 5.41) is 0.666. The number of halogens is 2. The third kappa shape index (κ3) is 4.42. The van der Waals surface area contributed by atoms with Crippen LogP contribution in [0.5, 0.6) is 5.75 Å². The molecule has 0 radical (unpaired) electrons. The maximum absolute atomic E-state index is 14.5. The van der Waals surface area contributed by atoms with Crippen LogP contribution in [-0.4, -0.2) is 29.7 Å². The Morgan fingerprint density at radius 2 is 1.94 bits per heavy atom. The first-order valence-electron chi connectivity index (χ1n) is 11.1. The molecule has 2 aromatic carbocycles. The van der Waals surface area contributed by atoms with Gasteiger partial charge >= 0.3 is 5.97 Å². The second-order valence-electron chi connectivity index (χ2n) is 8.10. The molecule has 4 rings (SSSR count). The second kappa shape index (κ2) is 9.60. The van der Waals surface area contributed by atoms with Crippen LogP contribution in [0.2, 0.25) is 0 Å². The zero-order chi connectivity index (χ0) is 23.5. The molecule has 0 saturated carbocycles. The van der Waals surface area contributed by atoms with E-state index in [9.17, 15) is 18.4 Å². The van der Waals surface area contributed by atoms with Crippen molar-refractivity contribution in [1.29, 1.82) is 0 Å². The van der Waals surface area contributed by atoms with Crippen molar-refractivity contribution >= 4 is 22.8 Å². The molecule has 0 fully saturated rings. The van der Waals surface area contributed by atoms with E-state index in [0.717, 1.165) is 30.2 Å². The smallest absolute Gasteiger partial charge is 0.344 e. The summed E-state index contributed by atoms with van der Waals surface area (Å²) in [6, 6.07) is 9.42. The Kier molecular flexibility index (Phi) is 6.62. The quantitative estimate of drug-likeness (QED) is 0.427.